The van der Waals surface area contributed by atoms with E-state index in [2.05, 4.69) is 13.0 Å². The van der Waals surface area contributed by atoms with Gasteiger partial charge in [-0.3, -0.25) is 4.79 Å². The van der Waals surface area contributed by atoms with Gasteiger partial charge in [0.2, 0.25) is 5.91 Å². The van der Waals surface area contributed by atoms with Gasteiger partial charge in [-0.25, -0.2) is 0 Å². The van der Waals surface area contributed by atoms with E-state index in [9.17, 15) is 10.1 Å². The van der Waals surface area contributed by atoms with Crippen molar-refractivity contribution in [2.75, 3.05) is 13.1 Å². The predicted octanol–water partition coefficient (Wildman–Crippen LogP) is 2.33. The minimum atomic E-state index is -0.670. The van der Waals surface area contributed by atoms with Gasteiger partial charge in [-0.15, -0.1) is 0 Å². The van der Waals surface area contributed by atoms with Gasteiger partial charge in [-0.2, -0.15) is 5.26 Å². The van der Waals surface area contributed by atoms with Crippen LogP contribution in [0.1, 0.15) is 45.4 Å². The van der Waals surface area contributed by atoms with Crippen LogP contribution in [-0.4, -0.2) is 23.9 Å². The first-order valence-corrected chi connectivity index (χ1v) is 6.38. The average molecular weight is 220 g/mol. The molecule has 1 atom stereocenters. The molecule has 0 radical (unpaired) electrons. The van der Waals surface area contributed by atoms with Crippen LogP contribution >= 0.6 is 0 Å². The third-order valence-electron chi connectivity index (χ3n) is 4.02. The molecule has 1 aliphatic carbocycles. The Morgan fingerprint density at radius 3 is 2.62 bits per heavy atom. The number of nitrogens with zero attached hydrogens (tertiary/aromatic N) is 2. The number of piperidine rings is 1. The Morgan fingerprint density at radius 1 is 1.38 bits per heavy atom. The molecule has 0 N–H and O–H groups in total. The lowest BCUT2D eigenvalue weighted by Gasteiger charge is -2.35. The number of carbonyl (C=O) groups excluding carboxylic acids is 1. The van der Waals surface area contributed by atoms with E-state index in [1.54, 1.807) is 0 Å². The molecule has 1 amide bonds. The molecule has 0 bridgehead atoms. The van der Waals surface area contributed by atoms with Crippen LogP contribution in [0, 0.1) is 22.7 Å². The van der Waals surface area contributed by atoms with Crippen LogP contribution in [0.25, 0.3) is 0 Å². The second-order valence-electron chi connectivity index (χ2n) is 5.40. The van der Waals surface area contributed by atoms with E-state index in [1.165, 1.54) is 6.42 Å². The summed E-state index contributed by atoms with van der Waals surface area (Å²) in [4.78, 5) is 14.3. The standard InChI is InChI=1S/C13H20N2O/c1-11-5-4-8-15(9-11)12(16)13(10-14)6-2-3-7-13/h11H,2-9H2,1H3/t11-/m0/s1. The third-order valence-corrected chi connectivity index (χ3v) is 4.02. The number of carbonyl (C=O) groups is 1. The van der Waals surface area contributed by atoms with Crippen LogP contribution < -0.4 is 0 Å². The maximum Gasteiger partial charge on any atom is 0.243 e. The molecular formula is C13H20N2O. The molecule has 3 nitrogen and oxygen atoms in total. The molecule has 2 rings (SSSR count). The van der Waals surface area contributed by atoms with Gasteiger partial charge in [-0.05, 0) is 31.6 Å². The second-order valence-corrected chi connectivity index (χ2v) is 5.40. The summed E-state index contributed by atoms with van der Waals surface area (Å²) in [5, 5.41) is 9.29. The lowest BCUT2D eigenvalue weighted by atomic mass is 9.85. The summed E-state index contributed by atoms with van der Waals surface area (Å²) in [5.74, 6) is 0.703. The van der Waals surface area contributed by atoms with E-state index < -0.39 is 5.41 Å². The predicted molar refractivity (Wildman–Crippen MR) is 61.5 cm³/mol. The fourth-order valence-electron chi connectivity index (χ4n) is 3.03. The van der Waals surface area contributed by atoms with Crippen molar-refractivity contribution in [1.82, 2.24) is 4.90 Å². The van der Waals surface area contributed by atoms with Gasteiger partial charge in [0.05, 0.1) is 6.07 Å². The summed E-state index contributed by atoms with van der Waals surface area (Å²) in [5.41, 5.74) is -0.670. The van der Waals surface area contributed by atoms with Crippen molar-refractivity contribution >= 4 is 5.91 Å². The Morgan fingerprint density at radius 2 is 2.06 bits per heavy atom. The number of hydrogen-bond acceptors (Lipinski definition) is 2. The lowest BCUT2D eigenvalue weighted by molar-refractivity contribution is -0.140. The van der Waals surface area contributed by atoms with Crippen molar-refractivity contribution in [3.8, 4) is 6.07 Å². The molecule has 2 aliphatic rings. The van der Waals surface area contributed by atoms with E-state index in [0.717, 1.165) is 45.2 Å². The Kier molecular flexibility index (Phi) is 3.18. The van der Waals surface area contributed by atoms with E-state index in [4.69, 9.17) is 0 Å². The average Bonchev–Trinajstić information content (AvgIpc) is 2.78. The highest BCUT2D eigenvalue weighted by atomic mass is 16.2. The van der Waals surface area contributed by atoms with Gasteiger partial charge in [-0.1, -0.05) is 19.8 Å². The number of likely N-dealkylation sites (tertiary alicyclic amines) is 1. The highest BCUT2D eigenvalue weighted by Crippen LogP contribution is 2.39. The van der Waals surface area contributed by atoms with E-state index in [1.807, 2.05) is 4.90 Å². The fourth-order valence-corrected chi connectivity index (χ4v) is 3.03. The zero-order valence-electron chi connectivity index (χ0n) is 10.0. The van der Waals surface area contributed by atoms with Gasteiger partial charge in [0.1, 0.15) is 5.41 Å². The summed E-state index contributed by atoms with van der Waals surface area (Å²) in [6, 6.07) is 2.30. The van der Waals surface area contributed by atoms with Gasteiger partial charge in [0.15, 0.2) is 0 Å². The minimum Gasteiger partial charge on any atom is -0.341 e. The molecule has 1 saturated carbocycles. The van der Waals surface area contributed by atoms with Crippen molar-refractivity contribution in [2.45, 2.75) is 45.4 Å². The van der Waals surface area contributed by atoms with Crippen molar-refractivity contribution in [3.05, 3.63) is 0 Å². The topological polar surface area (TPSA) is 44.1 Å². The first-order valence-electron chi connectivity index (χ1n) is 6.38. The maximum atomic E-state index is 12.4. The molecule has 0 aromatic carbocycles. The molecular weight excluding hydrogens is 200 g/mol. The third kappa shape index (κ3) is 1.93. The van der Waals surface area contributed by atoms with Crippen molar-refractivity contribution < 1.29 is 4.79 Å². The number of hydrogen-bond donors (Lipinski definition) is 0. The molecule has 1 saturated heterocycles. The SMILES string of the molecule is C[C@H]1CCCN(C(=O)C2(C#N)CCCC2)C1. The van der Waals surface area contributed by atoms with Crippen molar-refractivity contribution in [3.63, 3.8) is 0 Å². The first-order chi connectivity index (χ1) is 7.68. The Labute approximate surface area is 97.4 Å². The molecule has 3 heteroatoms. The molecule has 88 valence electrons. The number of rotatable bonds is 1. The molecule has 0 unspecified atom stereocenters. The fraction of sp³-hybridized carbons (Fsp3) is 0.846. The van der Waals surface area contributed by atoms with Crippen molar-refractivity contribution in [2.24, 2.45) is 11.3 Å². The van der Waals surface area contributed by atoms with Crippen LogP contribution in [0.3, 0.4) is 0 Å². The van der Waals surface area contributed by atoms with E-state index in [-0.39, 0.29) is 5.91 Å². The summed E-state index contributed by atoms with van der Waals surface area (Å²) < 4.78 is 0. The van der Waals surface area contributed by atoms with Gasteiger partial charge in [0.25, 0.3) is 0 Å². The Balaban J connectivity index is 2.08. The Bertz CT molecular complexity index is 312. The Hall–Kier alpha value is -1.04. The largest absolute Gasteiger partial charge is 0.341 e. The van der Waals surface area contributed by atoms with Crippen LogP contribution in [-0.2, 0) is 4.79 Å². The summed E-state index contributed by atoms with van der Waals surface area (Å²) in [7, 11) is 0. The highest BCUT2D eigenvalue weighted by Gasteiger charge is 2.44. The summed E-state index contributed by atoms with van der Waals surface area (Å²) in [6.07, 6.45) is 5.91. The summed E-state index contributed by atoms with van der Waals surface area (Å²) in [6.45, 7) is 3.89. The van der Waals surface area contributed by atoms with Gasteiger partial charge in [0, 0.05) is 13.1 Å². The van der Waals surface area contributed by atoms with E-state index in [0.29, 0.717) is 5.92 Å². The molecule has 1 aliphatic heterocycles. The number of nitriles is 1. The molecule has 16 heavy (non-hydrogen) atoms. The molecule has 0 spiro atoms. The smallest absolute Gasteiger partial charge is 0.243 e. The maximum absolute atomic E-state index is 12.4. The highest BCUT2D eigenvalue weighted by molar-refractivity contribution is 5.85. The zero-order chi connectivity index (χ0) is 11.6. The molecule has 0 aromatic rings. The monoisotopic (exact) mass is 220 g/mol. The molecule has 2 fully saturated rings. The first kappa shape index (κ1) is 11.4. The van der Waals surface area contributed by atoms with E-state index >= 15 is 0 Å². The molecule has 1 heterocycles. The van der Waals surface area contributed by atoms with Crippen LogP contribution in [0.2, 0.25) is 0 Å². The van der Waals surface area contributed by atoms with Crippen molar-refractivity contribution in [1.29, 1.82) is 5.26 Å². The van der Waals surface area contributed by atoms with Crippen LogP contribution in [0.5, 0.6) is 0 Å². The van der Waals surface area contributed by atoms with Gasteiger partial charge >= 0.3 is 0 Å². The second kappa shape index (κ2) is 4.45. The quantitative estimate of drug-likeness (QED) is 0.680. The normalized spacial score (nSPS) is 28.8. The zero-order valence-corrected chi connectivity index (χ0v) is 10.0. The molecule has 0 aromatic heterocycles. The van der Waals surface area contributed by atoms with Crippen LogP contribution in [0.15, 0.2) is 0 Å². The minimum absolute atomic E-state index is 0.110. The number of amides is 1. The van der Waals surface area contributed by atoms with Crippen LogP contribution in [0.4, 0.5) is 0 Å². The van der Waals surface area contributed by atoms with Gasteiger partial charge < -0.3 is 4.90 Å². The lowest BCUT2D eigenvalue weighted by Crippen LogP contribution is -2.46. The summed E-state index contributed by atoms with van der Waals surface area (Å²) >= 11 is 0.